The van der Waals surface area contributed by atoms with Gasteiger partial charge in [0.15, 0.2) is 0 Å². The Hall–Kier alpha value is -0.840. The maximum atomic E-state index is 6.07. The van der Waals surface area contributed by atoms with Crippen molar-refractivity contribution >= 4 is 23.3 Å². The molecule has 1 aliphatic carbocycles. The summed E-state index contributed by atoms with van der Waals surface area (Å²) in [5, 5.41) is 7.96. The fraction of sp³-hybridized carbons (Fsp3) is 0.750. The van der Waals surface area contributed by atoms with Crippen molar-refractivity contribution in [3.05, 3.63) is 5.69 Å². The van der Waals surface area contributed by atoms with Crippen LogP contribution in [0.15, 0.2) is 0 Å². The van der Waals surface area contributed by atoms with Crippen molar-refractivity contribution in [3.63, 3.8) is 0 Å². The predicted molar refractivity (Wildman–Crippen MR) is 75.6 cm³/mol. The van der Waals surface area contributed by atoms with Crippen LogP contribution in [0, 0.1) is 6.92 Å². The van der Waals surface area contributed by atoms with Gasteiger partial charge in [-0.05, 0) is 32.4 Å². The van der Waals surface area contributed by atoms with Gasteiger partial charge in [0.25, 0.3) is 0 Å². The van der Waals surface area contributed by atoms with Crippen molar-refractivity contribution in [1.82, 2.24) is 9.78 Å². The molecule has 4 nitrogen and oxygen atoms in total. The Kier molecular flexibility index (Phi) is 3.56. The van der Waals surface area contributed by atoms with Crippen molar-refractivity contribution in [2.75, 3.05) is 23.9 Å². The molecule has 0 spiro atoms. The van der Waals surface area contributed by atoms with Gasteiger partial charge >= 0.3 is 0 Å². The molecule has 0 aliphatic heterocycles. The van der Waals surface area contributed by atoms with Crippen LogP contribution in [0.4, 0.5) is 11.5 Å². The zero-order chi connectivity index (χ0) is 12.5. The number of hydrogen-bond donors (Lipinski definition) is 2. The van der Waals surface area contributed by atoms with Gasteiger partial charge in [0.2, 0.25) is 0 Å². The van der Waals surface area contributed by atoms with Crippen molar-refractivity contribution in [1.29, 1.82) is 0 Å². The van der Waals surface area contributed by atoms with E-state index >= 15 is 0 Å². The molecule has 0 saturated heterocycles. The summed E-state index contributed by atoms with van der Waals surface area (Å²) in [5.41, 5.74) is 7.80. The quantitative estimate of drug-likeness (QED) is 0.819. The lowest BCUT2D eigenvalue weighted by molar-refractivity contribution is 0.602. The van der Waals surface area contributed by atoms with Crippen LogP contribution in [0.3, 0.4) is 0 Å². The molecule has 17 heavy (non-hydrogen) atoms. The lowest BCUT2D eigenvalue weighted by atomic mass is 10.3. The fourth-order valence-electron chi connectivity index (χ4n) is 1.99. The molecule has 0 radical (unpaired) electrons. The molecule has 1 saturated carbocycles. The van der Waals surface area contributed by atoms with E-state index in [4.69, 9.17) is 5.73 Å². The summed E-state index contributed by atoms with van der Waals surface area (Å²) in [7, 11) is 0. The number of nitrogens with two attached hydrogens (primary N) is 1. The molecule has 1 aliphatic rings. The predicted octanol–water partition coefficient (Wildman–Crippen LogP) is 2.49. The molecule has 1 aromatic rings. The van der Waals surface area contributed by atoms with Gasteiger partial charge < -0.3 is 11.1 Å². The third-order valence-corrected chi connectivity index (χ3v) is 4.85. The molecule has 0 unspecified atom stereocenters. The van der Waals surface area contributed by atoms with E-state index in [0.29, 0.717) is 4.75 Å². The lowest BCUT2D eigenvalue weighted by Gasteiger charge is -2.15. The number of rotatable bonds is 6. The molecule has 1 aromatic heterocycles. The van der Waals surface area contributed by atoms with Crippen LogP contribution in [0.25, 0.3) is 0 Å². The molecule has 5 heteroatoms. The number of aryl methyl sites for hydroxylation is 2. The Morgan fingerprint density at radius 3 is 2.76 bits per heavy atom. The summed E-state index contributed by atoms with van der Waals surface area (Å²) in [6.07, 6.45) is 5.87. The summed E-state index contributed by atoms with van der Waals surface area (Å²) in [4.78, 5) is 0. The Morgan fingerprint density at radius 1 is 1.53 bits per heavy atom. The first kappa shape index (κ1) is 12.6. The topological polar surface area (TPSA) is 55.9 Å². The molecular weight excluding hydrogens is 232 g/mol. The van der Waals surface area contributed by atoms with E-state index in [0.717, 1.165) is 36.7 Å². The zero-order valence-corrected chi connectivity index (χ0v) is 11.7. The van der Waals surface area contributed by atoms with Crippen molar-refractivity contribution in [2.24, 2.45) is 0 Å². The average Bonchev–Trinajstić information content (AvgIpc) is 3.04. The molecule has 0 atom stereocenters. The van der Waals surface area contributed by atoms with Crippen molar-refractivity contribution in [2.45, 2.75) is 44.4 Å². The monoisotopic (exact) mass is 254 g/mol. The van der Waals surface area contributed by atoms with E-state index in [1.165, 1.54) is 12.8 Å². The SMILES string of the molecule is CCCn1nc(C)c(N)c1NCC1(SC)CC1. The summed E-state index contributed by atoms with van der Waals surface area (Å²) < 4.78 is 2.45. The minimum Gasteiger partial charge on any atom is -0.394 e. The standard InChI is InChI=1S/C12H22N4S/c1-4-7-16-11(10(13)9(2)15-16)14-8-12(17-3)5-6-12/h14H,4-8,13H2,1-3H3. The molecular formula is C12H22N4S. The highest BCUT2D eigenvalue weighted by atomic mass is 32.2. The Balaban J connectivity index is 2.08. The first-order valence-corrected chi connectivity index (χ1v) is 7.46. The third kappa shape index (κ3) is 2.54. The lowest BCUT2D eigenvalue weighted by Crippen LogP contribution is -2.20. The Labute approximate surface area is 107 Å². The number of thioether (sulfide) groups is 1. The number of hydrogen-bond acceptors (Lipinski definition) is 4. The van der Waals surface area contributed by atoms with E-state index < -0.39 is 0 Å². The number of nitrogen functional groups attached to an aromatic ring is 1. The van der Waals surface area contributed by atoms with Crippen LogP contribution >= 0.6 is 11.8 Å². The van der Waals surface area contributed by atoms with Crippen LogP contribution < -0.4 is 11.1 Å². The molecule has 0 amide bonds. The first-order valence-electron chi connectivity index (χ1n) is 6.24. The minimum atomic E-state index is 0.446. The van der Waals surface area contributed by atoms with Crippen LogP contribution in [0.5, 0.6) is 0 Å². The molecule has 1 fully saturated rings. The second-order valence-electron chi connectivity index (χ2n) is 4.81. The molecule has 96 valence electrons. The first-order chi connectivity index (χ1) is 8.12. The minimum absolute atomic E-state index is 0.446. The fourth-order valence-corrected chi connectivity index (χ4v) is 2.72. The van der Waals surface area contributed by atoms with Crippen LogP contribution in [-0.2, 0) is 6.54 Å². The van der Waals surface area contributed by atoms with Crippen molar-refractivity contribution < 1.29 is 0 Å². The van der Waals surface area contributed by atoms with Gasteiger partial charge in [-0.15, -0.1) is 0 Å². The maximum absolute atomic E-state index is 6.07. The van der Waals surface area contributed by atoms with E-state index in [-0.39, 0.29) is 0 Å². The highest BCUT2D eigenvalue weighted by Crippen LogP contribution is 2.47. The number of nitrogens with zero attached hydrogens (tertiary/aromatic N) is 2. The Morgan fingerprint density at radius 2 is 2.24 bits per heavy atom. The number of nitrogens with one attached hydrogen (secondary N) is 1. The van der Waals surface area contributed by atoms with E-state index in [1.54, 1.807) is 0 Å². The molecule has 3 N–H and O–H groups in total. The summed E-state index contributed by atoms with van der Waals surface area (Å²) in [6, 6.07) is 0. The van der Waals surface area contributed by atoms with Gasteiger partial charge in [-0.3, -0.25) is 0 Å². The maximum Gasteiger partial charge on any atom is 0.148 e. The second kappa shape index (κ2) is 4.80. The largest absolute Gasteiger partial charge is 0.394 e. The third-order valence-electron chi connectivity index (χ3n) is 3.43. The molecule has 2 rings (SSSR count). The van der Waals surface area contributed by atoms with Crippen molar-refractivity contribution in [3.8, 4) is 0 Å². The van der Waals surface area contributed by atoms with Gasteiger partial charge in [-0.2, -0.15) is 16.9 Å². The van der Waals surface area contributed by atoms with E-state index in [9.17, 15) is 0 Å². The smallest absolute Gasteiger partial charge is 0.148 e. The van der Waals surface area contributed by atoms with Gasteiger partial charge in [-0.25, -0.2) is 4.68 Å². The average molecular weight is 254 g/mol. The Bertz CT molecular complexity index is 395. The molecule has 0 aromatic carbocycles. The van der Waals surface area contributed by atoms with Gasteiger partial charge in [0, 0.05) is 17.8 Å². The number of aromatic nitrogens is 2. The highest BCUT2D eigenvalue weighted by molar-refractivity contribution is 8.00. The van der Waals surface area contributed by atoms with Gasteiger partial charge in [0.05, 0.1) is 11.4 Å². The highest BCUT2D eigenvalue weighted by Gasteiger charge is 2.41. The summed E-state index contributed by atoms with van der Waals surface area (Å²) >= 11 is 1.96. The van der Waals surface area contributed by atoms with E-state index in [2.05, 4.69) is 23.6 Å². The summed E-state index contributed by atoms with van der Waals surface area (Å²) in [6.45, 7) is 6.04. The molecule has 1 heterocycles. The van der Waals surface area contributed by atoms with E-state index in [1.807, 2.05) is 23.4 Å². The van der Waals surface area contributed by atoms with Crippen LogP contribution in [-0.4, -0.2) is 27.3 Å². The van der Waals surface area contributed by atoms with Crippen LogP contribution in [0.1, 0.15) is 31.9 Å². The zero-order valence-electron chi connectivity index (χ0n) is 10.9. The normalized spacial score (nSPS) is 17.1. The second-order valence-corrected chi connectivity index (χ2v) is 6.09. The van der Waals surface area contributed by atoms with Gasteiger partial charge in [-0.1, -0.05) is 6.92 Å². The number of anilines is 2. The molecule has 0 bridgehead atoms. The van der Waals surface area contributed by atoms with Gasteiger partial charge in [0.1, 0.15) is 5.82 Å². The summed E-state index contributed by atoms with van der Waals surface area (Å²) in [5.74, 6) is 1.00. The van der Waals surface area contributed by atoms with Crippen LogP contribution in [0.2, 0.25) is 0 Å².